The Morgan fingerprint density at radius 3 is 2.70 bits per heavy atom. The normalized spacial score (nSPS) is 18.8. The van der Waals surface area contributed by atoms with Gasteiger partial charge in [0.15, 0.2) is 5.82 Å². The highest BCUT2D eigenvalue weighted by molar-refractivity contribution is 5.65. The molecule has 0 bridgehead atoms. The highest BCUT2D eigenvalue weighted by atomic mass is 19.3. The van der Waals surface area contributed by atoms with Gasteiger partial charge in [-0.25, -0.2) is 23.1 Å². The van der Waals surface area contributed by atoms with Crippen molar-refractivity contribution in [3.8, 4) is 11.4 Å². The number of nitrogens with zero attached hydrogens (tertiary/aromatic N) is 5. The number of morpholine rings is 1. The van der Waals surface area contributed by atoms with Gasteiger partial charge in [-0.1, -0.05) is 0 Å². The van der Waals surface area contributed by atoms with Gasteiger partial charge in [-0.3, -0.25) is 9.78 Å². The van der Waals surface area contributed by atoms with Crippen molar-refractivity contribution in [1.29, 1.82) is 0 Å². The van der Waals surface area contributed by atoms with Crippen molar-refractivity contribution in [2.45, 2.75) is 32.4 Å². The molecule has 6 rings (SSSR count). The van der Waals surface area contributed by atoms with Crippen molar-refractivity contribution < 1.29 is 27.0 Å². The van der Waals surface area contributed by atoms with Crippen LogP contribution in [0.5, 0.6) is 0 Å². The van der Waals surface area contributed by atoms with Gasteiger partial charge in [0.05, 0.1) is 36.6 Å². The maximum absolute atomic E-state index is 14.9. The fourth-order valence-electron chi connectivity index (χ4n) is 4.64. The summed E-state index contributed by atoms with van der Waals surface area (Å²) in [5.41, 5.74) is 1.21. The molecule has 2 aliphatic rings. The summed E-state index contributed by atoms with van der Waals surface area (Å²) in [6, 6.07) is 7.47. The summed E-state index contributed by atoms with van der Waals surface area (Å²) >= 11 is 0. The van der Waals surface area contributed by atoms with E-state index in [9.17, 15) is 22.4 Å². The Balaban J connectivity index is 1.54. The number of anilines is 1. The third-order valence-corrected chi connectivity index (χ3v) is 6.33. The molecule has 1 fully saturated rings. The van der Waals surface area contributed by atoms with Crippen LogP contribution in [-0.4, -0.2) is 38.6 Å². The Morgan fingerprint density at radius 1 is 1.08 bits per heavy atom. The molecule has 1 unspecified atom stereocenters. The summed E-state index contributed by atoms with van der Waals surface area (Å²) in [7, 11) is 0. The van der Waals surface area contributed by atoms with Crippen molar-refractivity contribution in [3.05, 3.63) is 87.1 Å². The second-order valence-electron chi connectivity index (χ2n) is 8.95. The molecule has 190 valence electrons. The first-order valence-electron chi connectivity index (χ1n) is 11.4. The van der Waals surface area contributed by atoms with Crippen LogP contribution in [0.15, 0.2) is 47.4 Å². The number of halogens is 4. The molecule has 5 heterocycles. The first kappa shape index (κ1) is 23.5. The van der Waals surface area contributed by atoms with E-state index in [4.69, 9.17) is 9.47 Å². The van der Waals surface area contributed by atoms with Crippen molar-refractivity contribution in [3.63, 3.8) is 0 Å². The summed E-state index contributed by atoms with van der Waals surface area (Å²) in [4.78, 5) is 27.6. The zero-order chi connectivity index (χ0) is 25.9. The predicted octanol–water partition coefficient (Wildman–Crippen LogP) is 3.94. The van der Waals surface area contributed by atoms with E-state index in [0.29, 0.717) is 28.6 Å². The average Bonchev–Trinajstić information content (AvgIpc) is 3.31. The molecular weight excluding hydrogens is 494 g/mol. The summed E-state index contributed by atoms with van der Waals surface area (Å²) in [5, 5.41) is 0. The van der Waals surface area contributed by atoms with E-state index in [-0.39, 0.29) is 42.6 Å². The zero-order valence-corrected chi connectivity index (χ0v) is 19.4. The monoisotopic (exact) mass is 513 g/mol. The first-order chi connectivity index (χ1) is 17.7. The van der Waals surface area contributed by atoms with Gasteiger partial charge < -0.3 is 14.4 Å². The molecule has 0 radical (unpaired) electrons. The molecule has 37 heavy (non-hydrogen) atoms. The van der Waals surface area contributed by atoms with Gasteiger partial charge in [0.1, 0.15) is 35.7 Å². The van der Waals surface area contributed by atoms with Crippen LogP contribution in [0.3, 0.4) is 0 Å². The Morgan fingerprint density at radius 2 is 1.92 bits per heavy atom. The lowest BCUT2D eigenvalue weighted by Crippen LogP contribution is -2.48. The number of rotatable bonds is 3. The van der Waals surface area contributed by atoms with Crippen LogP contribution in [0.4, 0.5) is 23.4 Å². The van der Waals surface area contributed by atoms with Crippen molar-refractivity contribution in [1.82, 2.24) is 19.4 Å². The maximum Gasteiger partial charge on any atom is 0.373 e. The summed E-state index contributed by atoms with van der Waals surface area (Å²) < 4.78 is 69.6. The number of pyridine rings is 1. The lowest BCUT2D eigenvalue weighted by Gasteiger charge is -2.38. The number of hydrogen-bond donors (Lipinski definition) is 0. The summed E-state index contributed by atoms with van der Waals surface area (Å²) in [6.45, 7) is 1.03. The molecule has 0 spiro atoms. The predicted molar refractivity (Wildman–Crippen MR) is 123 cm³/mol. The summed E-state index contributed by atoms with van der Waals surface area (Å²) in [5.74, 6) is -1.94. The topological polar surface area (TPSA) is 81.9 Å². The molecule has 2 aliphatic heterocycles. The zero-order valence-electron chi connectivity index (χ0n) is 19.4. The number of aryl methyl sites for hydroxylation is 1. The van der Waals surface area contributed by atoms with E-state index in [1.54, 1.807) is 19.1 Å². The van der Waals surface area contributed by atoms with Crippen molar-refractivity contribution in [2.24, 2.45) is 0 Å². The smallest absolute Gasteiger partial charge is 0.370 e. The number of ether oxygens (including phenoxy) is 2. The van der Waals surface area contributed by atoms with Crippen LogP contribution in [0.1, 0.15) is 28.6 Å². The Bertz CT molecular complexity index is 1610. The first-order valence-corrected chi connectivity index (χ1v) is 11.4. The number of alkyl halides is 2. The van der Waals surface area contributed by atoms with E-state index >= 15 is 0 Å². The van der Waals surface area contributed by atoms with E-state index in [1.807, 2.05) is 0 Å². The molecule has 1 aromatic carbocycles. The number of hydrogen-bond acceptors (Lipinski definition) is 7. The third-order valence-electron chi connectivity index (χ3n) is 6.33. The standard InChI is InChI=1S/C25H19F4N5O3/c1-13-6-14(4-5-30-13)20-9-33(12-25(28,29)37-20)21-8-22-31-19-11-36-10-17(19)24(35)34(22)23(32-21)16-3-2-15(26)7-18(16)27/h2-8,20H,9-12H2,1H3. The van der Waals surface area contributed by atoms with Crippen LogP contribution in [-0.2, 0) is 22.7 Å². The molecule has 0 amide bonds. The molecule has 12 heteroatoms. The fourth-order valence-corrected chi connectivity index (χ4v) is 4.64. The minimum Gasteiger partial charge on any atom is -0.370 e. The van der Waals surface area contributed by atoms with E-state index in [1.165, 1.54) is 17.2 Å². The number of fused-ring (bicyclic) bond motifs is 2. The Labute approximate surface area is 207 Å². The Kier molecular flexibility index (Phi) is 5.46. The lowest BCUT2D eigenvalue weighted by atomic mass is 10.1. The van der Waals surface area contributed by atoms with Gasteiger partial charge in [0.2, 0.25) is 0 Å². The second kappa shape index (κ2) is 8.60. The molecule has 3 aromatic heterocycles. The van der Waals surface area contributed by atoms with Crippen LogP contribution in [0.2, 0.25) is 0 Å². The largest absolute Gasteiger partial charge is 0.373 e. The average molecular weight is 513 g/mol. The maximum atomic E-state index is 14.9. The Hall–Kier alpha value is -3.90. The SMILES string of the molecule is Cc1cc(C2CN(c3cc4nc5c(c(=O)n4c(-c4ccc(F)cc4F)n3)COC5)CC(F)(F)O2)ccn1. The second-order valence-corrected chi connectivity index (χ2v) is 8.95. The highest BCUT2D eigenvalue weighted by Gasteiger charge is 2.43. The van der Waals surface area contributed by atoms with Gasteiger partial charge in [-0.2, -0.15) is 8.78 Å². The molecule has 0 aliphatic carbocycles. The van der Waals surface area contributed by atoms with Crippen LogP contribution < -0.4 is 10.5 Å². The van der Waals surface area contributed by atoms with E-state index < -0.39 is 36.0 Å². The van der Waals surface area contributed by atoms with Gasteiger partial charge >= 0.3 is 6.11 Å². The highest BCUT2D eigenvalue weighted by Crippen LogP contribution is 2.36. The van der Waals surface area contributed by atoms with Crippen molar-refractivity contribution in [2.75, 3.05) is 18.0 Å². The fraction of sp³-hybridized carbons (Fsp3) is 0.280. The van der Waals surface area contributed by atoms with Gasteiger partial charge in [0, 0.05) is 24.0 Å². The minimum atomic E-state index is -3.53. The molecule has 0 saturated carbocycles. The summed E-state index contributed by atoms with van der Waals surface area (Å²) in [6.07, 6.45) is -3.04. The third kappa shape index (κ3) is 4.21. The molecule has 8 nitrogen and oxygen atoms in total. The van der Waals surface area contributed by atoms with Crippen LogP contribution in [0, 0.1) is 18.6 Å². The van der Waals surface area contributed by atoms with Gasteiger partial charge in [-0.15, -0.1) is 0 Å². The van der Waals surface area contributed by atoms with Crippen LogP contribution in [0.25, 0.3) is 17.0 Å². The molecule has 1 atom stereocenters. The molecule has 1 saturated heterocycles. The van der Waals surface area contributed by atoms with Gasteiger partial charge in [0.25, 0.3) is 5.56 Å². The molecular formula is C25H19F4N5O3. The number of aromatic nitrogens is 4. The molecule has 4 aromatic rings. The lowest BCUT2D eigenvalue weighted by molar-refractivity contribution is -0.269. The number of benzene rings is 1. The van der Waals surface area contributed by atoms with Gasteiger partial charge in [-0.05, 0) is 36.8 Å². The van der Waals surface area contributed by atoms with E-state index in [0.717, 1.165) is 16.5 Å². The quantitative estimate of drug-likeness (QED) is 0.384. The van der Waals surface area contributed by atoms with Crippen molar-refractivity contribution >= 4 is 11.5 Å². The minimum absolute atomic E-state index is 0.00809. The molecule has 0 N–H and O–H groups in total. The van der Waals surface area contributed by atoms with E-state index in [2.05, 4.69) is 15.0 Å². The van der Waals surface area contributed by atoms with Crippen LogP contribution >= 0.6 is 0 Å².